The van der Waals surface area contributed by atoms with Crippen LogP contribution in [0.4, 0.5) is 0 Å². The van der Waals surface area contributed by atoms with Crippen LogP contribution in [0, 0.1) is 0 Å². The molecule has 5 N–H and O–H groups in total. The van der Waals surface area contributed by atoms with E-state index in [0.717, 1.165) is 4.90 Å². The van der Waals surface area contributed by atoms with Crippen molar-refractivity contribution in [2.45, 2.75) is 24.5 Å². The van der Waals surface area contributed by atoms with Crippen LogP contribution < -0.4 is 0 Å². The third-order valence-corrected chi connectivity index (χ3v) is 3.42. The number of rotatable bonds is 8. The molecule has 0 saturated carbocycles. The van der Waals surface area contributed by atoms with Gasteiger partial charge in [-0.25, -0.2) is 0 Å². The van der Waals surface area contributed by atoms with E-state index in [1.165, 1.54) is 6.92 Å². The molecule has 0 aliphatic rings. The Kier molecular flexibility index (Phi) is 7.09. The molecule has 0 fully saturated rings. The minimum absolute atomic E-state index is 0.255. The monoisotopic (exact) mass is 273 g/mol. The molecule has 0 saturated heterocycles. The molecule has 8 nitrogen and oxygen atoms in total. The summed E-state index contributed by atoms with van der Waals surface area (Å²) < 4.78 is 30.7. The predicted octanol–water partition coefficient (Wildman–Crippen LogP) is -2.77. The Labute approximate surface area is 99.9 Å². The first-order valence-corrected chi connectivity index (χ1v) is 6.50. The standard InChI is InChI=1S/C8H19NO7S/c1-6(17(14,15)16)9(2-7(12)4-10)3-8(13)5-11/h6-8,10-13H,2-5H2,1H3,(H,14,15,16). The van der Waals surface area contributed by atoms with Crippen molar-refractivity contribution in [3.05, 3.63) is 0 Å². The van der Waals surface area contributed by atoms with Crippen LogP contribution in [0.25, 0.3) is 0 Å². The third kappa shape index (κ3) is 6.27. The average Bonchev–Trinajstić information content (AvgIpc) is 2.25. The second-order valence-corrected chi connectivity index (χ2v) is 5.45. The van der Waals surface area contributed by atoms with Gasteiger partial charge in [-0.1, -0.05) is 0 Å². The molecule has 9 heteroatoms. The van der Waals surface area contributed by atoms with Gasteiger partial charge in [-0.2, -0.15) is 8.42 Å². The molecular formula is C8H19NO7S. The largest absolute Gasteiger partial charge is 0.394 e. The summed E-state index contributed by atoms with van der Waals surface area (Å²) in [6, 6.07) is 0. The lowest BCUT2D eigenvalue weighted by Gasteiger charge is -2.29. The number of aliphatic hydroxyl groups excluding tert-OH is 4. The Morgan fingerprint density at radius 3 is 1.65 bits per heavy atom. The van der Waals surface area contributed by atoms with E-state index < -0.39 is 40.9 Å². The van der Waals surface area contributed by atoms with Gasteiger partial charge in [0.15, 0.2) is 0 Å². The van der Waals surface area contributed by atoms with E-state index in [1.54, 1.807) is 0 Å². The number of hydrogen-bond donors (Lipinski definition) is 5. The van der Waals surface area contributed by atoms with E-state index in [9.17, 15) is 18.6 Å². The van der Waals surface area contributed by atoms with Crippen LogP contribution in [-0.4, -0.2) is 82.2 Å². The molecule has 0 aromatic rings. The summed E-state index contributed by atoms with van der Waals surface area (Å²) in [4.78, 5) is 1.05. The molecule has 104 valence electrons. The molecule has 0 aromatic heterocycles. The van der Waals surface area contributed by atoms with E-state index >= 15 is 0 Å². The first kappa shape index (κ1) is 16.7. The molecule has 3 atom stereocenters. The topological polar surface area (TPSA) is 139 Å². The number of nitrogens with zero attached hydrogens (tertiary/aromatic N) is 1. The van der Waals surface area contributed by atoms with E-state index in [2.05, 4.69) is 0 Å². The maximum absolute atomic E-state index is 10.9. The quantitative estimate of drug-likeness (QED) is 0.299. The molecule has 17 heavy (non-hydrogen) atoms. The van der Waals surface area contributed by atoms with Crippen molar-refractivity contribution >= 4 is 10.1 Å². The van der Waals surface area contributed by atoms with Crippen molar-refractivity contribution in [2.24, 2.45) is 0 Å². The Hall–Kier alpha value is -0.290. The Morgan fingerprint density at radius 2 is 1.41 bits per heavy atom. The summed E-state index contributed by atoms with van der Waals surface area (Å²) in [5.74, 6) is 0. The van der Waals surface area contributed by atoms with Crippen LogP contribution in [0.2, 0.25) is 0 Å². The normalized spacial score (nSPS) is 18.1. The predicted molar refractivity (Wildman–Crippen MR) is 58.8 cm³/mol. The average molecular weight is 273 g/mol. The van der Waals surface area contributed by atoms with Crippen molar-refractivity contribution in [2.75, 3.05) is 26.3 Å². The fourth-order valence-electron chi connectivity index (χ4n) is 1.22. The highest BCUT2D eigenvalue weighted by molar-refractivity contribution is 7.86. The molecule has 0 amide bonds. The SMILES string of the molecule is CC(N(CC(O)CO)CC(O)CO)S(=O)(=O)O. The maximum atomic E-state index is 10.9. The van der Waals surface area contributed by atoms with Crippen molar-refractivity contribution in [3.8, 4) is 0 Å². The van der Waals surface area contributed by atoms with Gasteiger partial charge < -0.3 is 20.4 Å². The van der Waals surface area contributed by atoms with E-state index in [4.69, 9.17) is 14.8 Å². The summed E-state index contributed by atoms with van der Waals surface area (Å²) in [5, 5.41) is 34.4. The van der Waals surface area contributed by atoms with Gasteiger partial charge in [0.2, 0.25) is 0 Å². The van der Waals surface area contributed by atoms with Crippen LogP contribution in [0.3, 0.4) is 0 Å². The van der Waals surface area contributed by atoms with Gasteiger partial charge in [0, 0.05) is 13.1 Å². The van der Waals surface area contributed by atoms with Crippen molar-refractivity contribution in [1.29, 1.82) is 0 Å². The van der Waals surface area contributed by atoms with Gasteiger partial charge >= 0.3 is 0 Å². The first-order chi connectivity index (χ1) is 7.72. The minimum Gasteiger partial charge on any atom is -0.394 e. The zero-order valence-electron chi connectivity index (χ0n) is 9.47. The molecule has 3 unspecified atom stereocenters. The van der Waals surface area contributed by atoms with Gasteiger partial charge in [-0.05, 0) is 6.92 Å². The fourth-order valence-corrected chi connectivity index (χ4v) is 1.77. The Bertz CT molecular complexity index is 295. The molecule has 0 aliphatic carbocycles. The highest BCUT2D eigenvalue weighted by atomic mass is 32.2. The molecular weight excluding hydrogens is 254 g/mol. The van der Waals surface area contributed by atoms with E-state index in [-0.39, 0.29) is 13.1 Å². The highest BCUT2D eigenvalue weighted by Gasteiger charge is 2.28. The third-order valence-electron chi connectivity index (χ3n) is 2.26. The molecule has 0 heterocycles. The summed E-state index contributed by atoms with van der Waals surface area (Å²) in [5.41, 5.74) is 0. The molecule has 0 radical (unpaired) electrons. The lowest BCUT2D eigenvalue weighted by Crippen LogP contribution is -2.47. The van der Waals surface area contributed by atoms with Gasteiger partial charge in [-0.3, -0.25) is 9.45 Å². The first-order valence-electron chi connectivity index (χ1n) is 5.00. The second kappa shape index (κ2) is 7.21. The van der Waals surface area contributed by atoms with Crippen molar-refractivity contribution in [3.63, 3.8) is 0 Å². The summed E-state index contributed by atoms with van der Waals surface area (Å²) in [7, 11) is -4.37. The smallest absolute Gasteiger partial charge is 0.280 e. The number of hydrogen-bond acceptors (Lipinski definition) is 7. The zero-order chi connectivity index (χ0) is 13.6. The van der Waals surface area contributed by atoms with E-state index in [1.807, 2.05) is 0 Å². The Balaban J connectivity index is 4.72. The van der Waals surface area contributed by atoms with Gasteiger partial charge in [0.25, 0.3) is 10.1 Å². The second-order valence-electron chi connectivity index (χ2n) is 3.74. The maximum Gasteiger partial charge on any atom is 0.280 e. The van der Waals surface area contributed by atoms with Gasteiger partial charge in [-0.15, -0.1) is 0 Å². The molecule has 0 bridgehead atoms. The Morgan fingerprint density at radius 1 is 1.06 bits per heavy atom. The van der Waals surface area contributed by atoms with Gasteiger partial charge in [0.1, 0.15) is 5.37 Å². The lowest BCUT2D eigenvalue weighted by molar-refractivity contribution is 0.0192. The fraction of sp³-hybridized carbons (Fsp3) is 1.00. The molecule has 0 rings (SSSR count). The van der Waals surface area contributed by atoms with Gasteiger partial charge in [0.05, 0.1) is 25.4 Å². The molecule has 0 aliphatic heterocycles. The van der Waals surface area contributed by atoms with Crippen molar-refractivity contribution < 1.29 is 33.4 Å². The zero-order valence-corrected chi connectivity index (χ0v) is 10.3. The summed E-state index contributed by atoms with van der Waals surface area (Å²) in [6.07, 6.45) is -2.41. The lowest BCUT2D eigenvalue weighted by atomic mass is 10.3. The van der Waals surface area contributed by atoms with Crippen LogP contribution in [-0.2, 0) is 10.1 Å². The molecule has 0 spiro atoms. The summed E-state index contributed by atoms with van der Waals surface area (Å²) in [6.45, 7) is -0.500. The van der Waals surface area contributed by atoms with Crippen LogP contribution in [0.1, 0.15) is 6.92 Å². The van der Waals surface area contributed by atoms with Crippen LogP contribution >= 0.6 is 0 Å². The van der Waals surface area contributed by atoms with Crippen LogP contribution in [0.5, 0.6) is 0 Å². The van der Waals surface area contributed by atoms with Crippen molar-refractivity contribution in [1.82, 2.24) is 4.90 Å². The van der Waals surface area contributed by atoms with E-state index in [0.29, 0.717) is 0 Å². The number of aliphatic hydroxyl groups is 4. The highest BCUT2D eigenvalue weighted by Crippen LogP contribution is 2.08. The molecule has 0 aromatic carbocycles. The van der Waals surface area contributed by atoms with Crippen LogP contribution in [0.15, 0.2) is 0 Å². The minimum atomic E-state index is -4.37. The summed E-state index contributed by atoms with van der Waals surface area (Å²) >= 11 is 0.